The van der Waals surface area contributed by atoms with E-state index in [1.54, 1.807) is 30.3 Å². The molecule has 0 atom stereocenters. The van der Waals surface area contributed by atoms with Gasteiger partial charge in [0.2, 0.25) is 0 Å². The molecule has 3 aromatic heterocycles. The second-order valence-electron chi connectivity index (χ2n) is 5.75. The summed E-state index contributed by atoms with van der Waals surface area (Å²) >= 11 is 0. The summed E-state index contributed by atoms with van der Waals surface area (Å²) in [6.45, 7) is 0.101. The average molecular weight is 401 g/mol. The molecule has 0 radical (unpaired) electrons. The quantitative estimate of drug-likeness (QED) is 0.485. The van der Waals surface area contributed by atoms with Crippen molar-refractivity contribution in [3.05, 3.63) is 70.6 Å². The number of thiol groups is 1. The van der Waals surface area contributed by atoms with Crippen molar-refractivity contribution in [3.63, 3.8) is 0 Å². The third kappa shape index (κ3) is 3.34. The van der Waals surface area contributed by atoms with E-state index >= 15 is 0 Å². The molecule has 0 aliphatic heterocycles. The Labute approximate surface area is 158 Å². The van der Waals surface area contributed by atoms with Crippen molar-refractivity contribution in [3.8, 4) is 22.9 Å². The molecule has 0 aliphatic carbocycles. The van der Waals surface area contributed by atoms with Gasteiger partial charge < -0.3 is 9.51 Å². The lowest BCUT2D eigenvalue weighted by Gasteiger charge is -2.06. The summed E-state index contributed by atoms with van der Waals surface area (Å²) in [4.78, 5) is 17.8. The standard InChI is InChI=1S/C17H12FN5O4S/c18-11-4-2-1-3-10(11)9-23-14(12-5-6-27-22-12)7-13(21-23)16-19-8-15(28(25)26)17(24)20-16/h1-8,28H,9H2,(H,19,20,24). The number of rotatable bonds is 5. The van der Waals surface area contributed by atoms with Crippen LogP contribution < -0.4 is 5.56 Å². The Morgan fingerprint density at radius 2 is 2.00 bits per heavy atom. The van der Waals surface area contributed by atoms with E-state index in [9.17, 15) is 17.6 Å². The van der Waals surface area contributed by atoms with Crippen LogP contribution in [0.1, 0.15) is 5.56 Å². The predicted molar refractivity (Wildman–Crippen MR) is 95.7 cm³/mol. The highest BCUT2D eigenvalue weighted by molar-refractivity contribution is 7.72. The Bertz CT molecular complexity index is 1270. The topological polar surface area (TPSA) is 124 Å². The average Bonchev–Trinajstić information content (AvgIpc) is 3.33. The molecule has 0 bridgehead atoms. The molecule has 3 heterocycles. The highest BCUT2D eigenvalue weighted by atomic mass is 32.2. The Morgan fingerprint density at radius 1 is 1.18 bits per heavy atom. The minimum absolute atomic E-state index is 0.0719. The third-order valence-electron chi connectivity index (χ3n) is 3.98. The number of halogens is 1. The number of H-pyrrole nitrogens is 1. The van der Waals surface area contributed by atoms with E-state index in [0.717, 1.165) is 6.20 Å². The van der Waals surface area contributed by atoms with Crippen LogP contribution in [0.5, 0.6) is 0 Å². The molecule has 0 fully saturated rings. The summed E-state index contributed by atoms with van der Waals surface area (Å²) in [5, 5.41) is 8.24. The lowest BCUT2D eigenvalue weighted by atomic mass is 10.2. The van der Waals surface area contributed by atoms with Crippen LogP contribution in [0.15, 0.2) is 63.1 Å². The first-order chi connectivity index (χ1) is 13.5. The first-order valence-electron chi connectivity index (χ1n) is 7.99. The van der Waals surface area contributed by atoms with E-state index in [4.69, 9.17) is 4.52 Å². The number of aromatic amines is 1. The highest BCUT2D eigenvalue weighted by Gasteiger charge is 2.17. The lowest BCUT2D eigenvalue weighted by Crippen LogP contribution is -2.13. The first-order valence-corrected chi connectivity index (χ1v) is 9.17. The number of hydrogen-bond donors (Lipinski definition) is 2. The molecule has 11 heteroatoms. The maximum absolute atomic E-state index is 14.1. The number of aromatic nitrogens is 5. The van der Waals surface area contributed by atoms with Gasteiger partial charge in [-0.05, 0) is 12.1 Å². The zero-order chi connectivity index (χ0) is 19.7. The maximum atomic E-state index is 14.1. The zero-order valence-electron chi connectivity index (χ0n) is 14.1. The monoisotopic (exact) mass is 401 g/mol. The minimum Gasteiger partial charge on any atom is -0.364 e. The fourth-order valence-electron chi connectivity index (χ4n) is 2.64. The van der Waals surface area contributed by atoms with E-state index in [0.29, 0.717) is 17.0 Å². The number of benzene rings is 1. The molecule has 4 aromatic rings. The molecule has 142 valence electrons. The summed E-state index contributed by atoms with van der Waals surface area (Å²) < 4.78 is 42.5. The smallest absolute Gasteiger partial charge is 0.269 e. The van der Waals surface area contributed by atoms with Crippen LogP contribution in [0.25, 0.3) is 22.9 Å². The SMILES string of the molecule is O=c1[nH]c(-c2cc(-c3ccon3)n(Cc3ccccc3F)n2)ncc1[SH](=O)=O. The molecule has 1 aromatic carbocycles. The van der Waals surface area contributed by atoms with Crippen molar-refractivity contribution >= 4 is 10.7 Å². The zero-order valence-corrected chi connectivity index (χ0v) is 15.0. The Balaban J connectivity index is 1.81. The second-order valence-corrected chi connectivity index (χ2v) is 6.75. The van der Waals surface area contributed by atoms with Gasteiger partial charge in [0, 0.05) is 11.6 Å². The van der Waals surface area contributed by atoms with Gasteiger partial charge in [0.25, 0.3) is 5.56 Å². The van der Waals surface area contributed by atoms with Crippen molar-refractivity contribution in [2.24, 2.45) is 0 Å². The number of nitrogens with zero attached hydrogens (tertiary/aromatic N) is 4. The number of nitrogens with one attached hydrogen (secondary N) is 1. The lowest BCUT2D eigenvalue weighted by molar-refractivity contribution is 0.421. The summed E-state index contributed by atoms with van der Waals surface area (Å²) in [6, 6.07) is 9.47. The summed E-state index contributed by atoms with van der Waals surface area (Å²) in [7, 11) is -3.06. The van der Waals surface area contributed by atoms with Crippen LogP contribution in [-0.4, -0.2) is 33.3 Å². The van der Waals surface area contributed by atoms with Crippen LogP contribution in [0.2, 0.25) is 0 Å². The van der Waals surface area contributed by atoms with Gasteiger partial charge in [0.05, 0.1) is 18.4 Å². The molecule has 0 saturated heterocycles. The van der Waals surface area contributed by atoms with Crippen LogP contribution in [-0.2, 0) is 17.2 Å². The number of hydrogen-bond acceptors (Lipinski definition) is 7. The molecule has 1 N–H and O–H groups in total. The second kappa shape index (κ2) is 7.19. The molecule has 0 saturated carbocycles. The van der Waals surface area contributed by atoms with Gasteiger partial charge in [-0.2, -0.15) is 5.10 Å². The van der Waals surface area contributed by atoms with Gasteiger partial charge in [0.15, 0.2) is 16.5 Å². The van der Waals surface area contributed by atoms with Crippen LogP contribution in [0.3, 0.4) is 0 Å². The Hall–Kier alpha value is -3.60. The van der Waals surface area contributed by atoms with Crippen molar-refractivity contribution in [2.75, 3.05) is 0 Å². The van der Waals surface area contributed by atoms with E-state index in [-0.39, 0.29) is 23.9 Å². The molecular formula is C17H12FN5O4S. The van der Waals surface area contributed by atoms with Crippen LogP contribution in [0.4, 0.5) is 4.39 Å². The molecule has 0 aliphatic rings. The van der Waals surface area contributed by atoms with Gasteiger partial charge in [-0.25, -0.2) is 17.8 Å². The summed E-state index contributed by atoms with van der Waals surface area (Å²) in [6.07, 6.45) is 2.35. The summed E-state index contributed by atoms with van der Waals surface area (Å²) in [5.41, 5.74) is 0.833. The van der Waals surface area contributed by atoms with Crippen LogP contribution >= 0.6 is 0 Å². The predicted octanol–water partition coefficient (Wildman–Crippen LogP) is 1.45. The Kier molecular flexibility index (Phi) is 4.57. The third-order valence-corrected chi connectivity index (χ3v) is 4.69. The van der Waals surface area contributed by atoms with Crippen molar-refractivity contribution in [1.82, 2.24) is 24.9 Å². The molecule has 28 heavy (non-hydrogen) atoms. The molecule has 0 amide bonds. The van der Waals surface area contributed by atoms with E-state index in [1.165, 1.54) is 17.0 Å². The molecular weight excluding hydrogens is 389 g/mol. The fraction of sp³-hybridized carbons (Fsp3) is 0.0588. The van der Waals surface area contributed by atoms with Crippen molar-refractivity contribution in [2.45, 2.75) is 11.4 Å². The molecule has 4 rings (SSSR count). The molecule has 0 spiro atoms. The van der Waals surface area contributed by atoms with E-state index in [1.807, 2.05) is 0 Å². The summed E-state index contributed by atoms with van der Waals surface area (Å²) in [5.74, 6) is -0.316. The van der Waals surface area contributed by atoms with E-state index in [2.05, 4.69) is 20.2 Å². The van der Waals surface area contributed by atoms with Gasteiger partial charge >= 0.3 is 0 Å². The molecule has 9 nitrogen and oxygen atoms in total. The van der Waals surface area contributed by atoms with E-state index < -0.39 is 21.2 Å². The van der Waals surface area contributed by atoms with Crippen molar-refractivity contribution in [1.29, 1.82) is 0 Å². The van der Waals surface area contributed by atoms with Crippen molar-refractivity contribution < 1.29 is 17.3 Å². The minimum atomic E-state index is -3.06. The first kappa shape index (κ1) is 17.8. The Morgan fingerprint density at radius 3 is 2.68 bits per heavy atom. The van der Waals surface area contributed by atoms with Gasteiger partial charge in [-0.3, -0.25) is 9.48 Å². The largest absolute Gasteiger partial charge is 0.364 e. The van der Waals surface area contributed by atoms with Gasteiger partial charge in [-0.15, -0.1) is 0 Å². The normalized spacial score (nSPS) is 11.2. The molecule has 0 unspecified atom stereocenters. The fourth-order valence-corrected chi connectivity index (χ4v) is 3.01. The maximum Gasteiger partial charge on any atom is 0.269 e. The van der Waals surface area contributed by atoms with Gasteiger partial charge in [0.1, 0.15) is 28.4 Å². The van der Waals surface area contributed by atoms with Gasteiger partial charge in [-0.1, -0.05) is 23.4 Å². The highest BCUT2D eigenvalue weighted by Crippen LogP contribution is 2.24. The van der Waals surface area contributed by atoms with Crippen LogP contribution in [0, 0.1) is 5.82 Å².